The van der Waals surface area contributed by atoms with Crippen LogP contribution in [-0.4, -0.2) is 15.1 Å². The Hall–Kier alpha value is -2.69. The second-order valence-corrected chi connectivity index (χ2v) is 4.16. The molecule has 0 radical (unpaired) electrons. The van der Waals surface area contributed by atoms with E-state index in [1.165, 1.54) is 0 Å². The van der Waals surface area contributed by atoms with Gasteiger partial charge in [0.15, 0.2) is 11.6 Å². The van der Waals surface area contributed by atoms with Gasteiger partial charge in [0.2, 0.25) is 5.76 Å². The van der Waals surface area contributed by atoms with Crippen molar-refractivity contribution in [2.24, 2.45) is 0 Å². The molecule has 0 aliphatic carbocycles. The first-order valence-electron chi connectivity index (χ1n) is 5.86. The van der Waals surface area contributed by atoms with Crippen LogP contribution < -0.4 is 5.73 Å². The number of anilines is 1. The van der Waals surface area contributed by atoms with Crippen LogP contribution in [0.2, 0.25) is 0 Å². The van der Waals surface area contributed by atoms with Gasteiger partial charge in [0.25, 0.3) is 0 Å². The Labute approximate surface area is 110 Å². The summed E-state index contributed by atoms with van der Waals surface area (Å²) in [4.78, 5) is 8.36. The van der Waals surface area contributed by atoms with Gasteiger partial charge in [0.05, 0.1) is 5.56 Å². The highest BCUT2D eigenvalue weighted by Gasteiger charge is 2.20. The first-order chi connectivity index (χ1) is 9.27. The molecule has 5 heteroatoms. The average Bonchev–Trinajstić information content (AvgIpc) is 2.82. The summed E-state index contributed by atoms with van der Waals surface area (Å²) in [5, 5.41) is 3.83. The first kappa shape index (κ1) is 11.4. The smallest absolute Gasteiger partial charge is 0.214 e. The van der Waals surface area contributed by atoms with Crippen molar-refractivity contribution in [2.75, 3.05) is 5.73 Å². The highest BCUT2D eigenvalue weighted by Crippen LogP contribution is 2.36. The molecule has 0 spiro atoms. The van der Waals surface area contributed by atoms with Crippen molar-refractivity contribution >= 4 is 5.82 Å². The third kappa shape index (κ3) is 1.95. The number of nitrogens with two attached hydrogens (primary N) is 1. The number of hydrogen-bond donors (Lipinski definition) is 1. The second-order valence-electron chi connectivity index (χ2n) is 4.16. The van der Waals surface area contributed by atoms with Crippen LogP contribution in [0.4, 0.5) is 5.82 Å². The second kappa shape index (κ2) is 4.53. The lowest BCUT2D eigenvalue weighted by Gasteiger charge is -2.05. The molecule has 94 valence electrons. The van der Waals surface area contributed by atoms with Crippen LogP contribution in [0.15, 0.2) is 47.2 Å². The third-order valence-electron chi connectivity index (χ3n) is 2.90. The summed E-state index contributed by atoms with van der Waals surface area (Å²) in [7, 11) is 0. The maximum absolute atomic E-state index is 5.92. The number of benzene rings is 1. The van der Waals surface area contributed by atoms with Crippen LogP contribution >= 0.6 is 0 Å². The van der Waals surface area contributed by atoms with Gasteiger partial charge in [-0.05, 0) is 24.1 Å². The summed E-state index contributed by atoms with van der Waals surface area (Å²) < 4.78 is 5.29. The number of aromatic nitrogens is 3. The van der Waals surface area contributed by atoms with Crippen molar-refractivity contribution in [3.8, 4) is 22.7 Å². The lowest BCUT2D eigenvalue weighted by molar-refractivity contribution is 0.433. The minimum Gasteiger partial charge on any atom is -0.380 e. The molecule has 0 aliphatic rings. The van der Waals surface area contributed by atoms with Gasteiger partial charge in [-0.15, -0.1) is 0 Å². The van der Waals surface area contributed by atoms with Crippen LogP contribution in [0.3, 0.4) is 0 Å². The molecule has 2 heterocycles. The normalized spacial score (nSPS) is 10.6. The van der Waals surface area contributed by atoms with E-state index in [1.54, 1.807) is 18.5 Å². The maximum Gasteiger partial charge on any atom is 0.214 e. The number of nitrogens with zero attached hydrogens (tertiary/aromatic N) is 3. The monoisotopic (exact) mass is 252 g/mol. The largest absolute Gasteiger partial charge is 0.380 e. The van der Waals surface area contributed by atoms with Crippen molar-refractivity contribution < 1.29 is 4.52 Å². The fourth-order valence-electron chi connectivity index (χ4n) is 1.99. The van der Waals surface area contributed by atoms with Crippen molar-refractivity contribution in [3.05, 3.63) is 48.3 Å². The minimum absolute atomic E-state index is 0.344. The zero-order valence-electron chi connectivity index (χ0n) is 10.4. The van der Waals surface area contributed by atoms with E-state index in [-0.39, 0.29) is 0 Å². The predicted molar refractivity (Wildman–Crippen MR) is 72.1 cm³/mol. The Balaban J connectivity index is 2.23. The summed E-state index contributed by atoms with van der Waals surface area (Å²) in [6, 6.07) is 9.66. The molecular formula is C14H12N4O. The van der Waals surface area contributed by atoms with E-state index in [0.717, 1.165) is 16.7 Å². The van der Waals surface area contributed by atoms with Gasteiger partial charge in [0, 0.05) is 12.4 Å². The minimum atomic E-state index is 0.344. The molecule has 5 nitrogen and oxygen atoms in total. The summed E-state index contributed by atoms with van der Waals surface area (Å²) in [6.45, 7) is 2.01. The Morgan fingerprint density at radius 3 is 2.53 bits per heavy atom. The molecule has 0 bridgehead atoms. The van der Waals surface area contributed by atoms with Gasteiger partial charge >= 0.3 is 0 Å². The molecule has 0 saturated carbocycles. The Bertz CT molecular complexity index is 706. The lowest BCUT2D eigenvalue weighted by Crippen LogP contribution is -1.92. The predicted octanol–water partition coefficient (Wildman–Crippen LogP) is 2.69. The van der Waals surface area contributed by atoms with Gasteiger partial charge in [-0.25, -0.2) is 9.97 Å². The van der Waals surface area contributed by atoms with E-state index in [2.05, 4.69) is 15.1 Å². The Morgan fingerprint density at radius 1 is 1.05 bits per heavy atom. The molecule has 0 amide bonds. The Morgan fingerprint density at radius 2 is 1.79 bits per heavy atom. The maximum atomic E-state index is 5.92. The zero-order valence-corrected chi connectivity index (χ0v) is 10.4. The van der Waals surface area contributed by atoms with E-state index >= 15 is 0 Å². The van der Waals surface area contributed by atoms with Crippen molar-refractivity contribution in [1.29, 1.82) is 0 Å². The molecule has 3 aromatic rings. The highest BCUT2D eigenvalue weighted by atomic mass is 16.5. The molecule has 0 unspecified atom stereocenters. The zero-order chi connectivity index (χ0) is 13.2. The molecule has 2 N–H and O–H groups in total. The summed E-state index contributed by atoms with van der Waals surface area (Å²) in [5.74, 6) is 1.31. The summed E-state index contributed by atoms with van der Waals surface area (Å²) in [5.41, 5.74) is 8.73. The van der Waals surface area contributed by atoms with Crippen LogP contribution in [0.25, 0.3) is 22.7 Å². The van der Waals surface area contributed by atoms with Crippen molar-refractivity contribution in [1.82, 2.24) is 15.1 Å². The third-order valence-corrected chi connectivity index (χ3v) is 2.90. The number of nitrogen functional groups attached to an aromatic ring is 1. The number of rotatable bonds is 2. The summed E-state index contributed by atoms with van der Waals surface area (Å²) >= 11 is 0. The SMILES string of the molecule is Cc1ccccc1-c1c(N)noc1-c1ncccn1. The van der Waals surface area contributed by atoms with Gasteiger partial charge in [-0.3, -0.25) is 0 Å². The molecule has 0 aliphatic heterocycles. The molecule has 2 aromatic heterocycles. The topological polar surface area (TPSA) is 77.8 Å². The van der Waals surface area contributed by atoms with Gasteiger partial charge in [-0.1, -0.05) is 29.4 Å². The first-order valence-corrected chi connectivity index (χ1v) is 5.86. The van der Waals surface area contributed by atoms with Crippen LogP contribution in [-0.2, 0) is 0 Å². The van der Waals surface area contributed by atoms with E-state index in [9.17, 15) is 0 Å². The van der Waals surface area contributed by atoms with Crippen LogP contribution in [0, 0.1) is 6.92 Å². The number of aryl methyl sites for hydroxylation is 1. The molecule has 3 rings (SSSR count). The van der Waals surface area contributed by atoms with Crippen molar-refractivity contribution in [3.63, 3.8) is 0 Å². The molecule has 0 saturated heterocycles. The standard InChI is InChI=1S/C14H12N4O/c1-9-5-2-3-6-10(9)11-12(19-18-13(11)15)14-16-7-4-8-17-14/h2-8H,1H3,(H2,15,18). The van der Waals surface area contributed by atoms with E-state index < -0.39 is 0 Å². The van der Waals surface area contributed by atoms with Crippen molar-refractivity contribution in [2.45, 2.75) is 6.92 Å². The molecule has 0 atom stereocenters. The van der Waals surface area contributed by atoms with Gasteiger partial charge in [-0.2, -0.15) is 0 Å². The van der Waals surface area contributed by atoms with Crippen LogP contribution in [0.1, 0.15) is 5.56 Å². The molecule has 1 aromatic carbocycles. The van der Waals surface area contributed by atoms with E-state index in [4.69, 9.17) is 10.3 Å². The molecule has 0 fully saturated rings. The quantitative estimate of drug-likeness (QED) is 0.758. The highest BCUT2D eigenvalue weighted by molar-refractivity contribution is 5.85. The number of hydrogen-bond acceptors (Lipinski definition) is 5. The average molecular weight is 252 g/mol. The fraction of sp³-hybridized carbons (Fsp3) is 0.0714. The molecular weight excluding hydrogens is 240 g/mol. The van der Waals surface area contributed by atoms with Crippen LogP contribution in [0.5, 0.6) is 0 Å². The van der Waals surface area contributed by atoms with Gasteiger partial charge in [0.1, 0.15) is 0 Å². The van der Waals surface area contributed by atoms with Gasteiger partial charge < -0.3 is 10.3 Å². The lowest BCUT2D eigenvalue weighted by atomic mass is 10.0. The van der Waals surface area contributed by atoms with E-state index in [0.29, 0.717) is 17.4 Å². The Kier molecular flexibility index (Phi) is 2.72. The molecule has 19 heavy (non-hydrogen) atoms. The fourth-order valence-corrected chi connectivity index (χ4v) is 1.99. The summed E-state index contributed by atoms with van der Waals surface area (Å²) in [6.07, 6.45) is 3.31. The van der Waals surface area contributed by atoms with E-state index in [1.807, 2.05) is 31.2 Å².